The number of ether oxygens (including phenoxy) is 2. The molecule has 0 bridgehead atoms. The minimum atomic E-state index is -0.187. The molecule has 38 heavy (non-hydrogen) atoms. The van der Waals surface area contributed by atoms with Crippen LogP contribution in [-0.2, 0) is 19.5 Å². The number of hydrogen-bond acceptors (Lipinski definition) is 7. The molecule has 3 heterocycles. The molecule has 1 aliphatic rings. The van der Waals surface area contributed by atoms with Crippen molar-refractivity contribution in [3.8, 4) is 22.1 Å². The molecule has 1 N–H and O–H groups in total. The van der Waals surface area contributed by atoms with Gasteiger partial charge in [-0.3, -0.25) is 9.69 Å². The lowest BCUT2D eigenvalue weighted by atomic mass is 10.0. The maximum absolute atomic E-state index is 13.4. The van der Waals surface area contributed by atoms with Crippen molar-refractivity contribution in [3.05, 3.63) is 94.4 Å². The van der Waals surface area contributed by atoms with Crippen LogP contribution in [0.3, 0.4) is 0 Å². The predicted molar refractivity (Wildman–Crippen MR) is 155 cm³/mol. The van der Waals surface area contributed by atoms with Crippen LogP contribution < -0.4 is 14.8 Å². The molecule has 0 spiro atoms. The third-order valence-electron chi connectivity index (χ3n) is 6.77. The van der Waals surface area contributed by atoms with Crippen LogP contribution in [0.4, 0.5) is 5.00 Å². The Bertz CT molecular complexity index is 1580. The van der Waals surface area contributed by atoms with E-state index in [1.807, 2.05) is 18.2 Å². The fourth-order valence-electron chi connectivity index (χ4n) is 4.88. The van der Waals surface area contributed by atoms with E-state index in [4.69, 9.17) is 14.5 Å². The van der Waals surface area contributed by atoms with Gasteiger partial charge in [0.15, 0.2) is 11.5 Å². The third-order valence-corrected chi connectivity index (χ3v) is 8.95. The van der Waals surface area contributed by atoms with Crippen LogP contribution >= 0.6 is 22.7 Å². The van der Waals surface area contributed by atoms with Crippen molar-refractivity contribution in [2.24, 2.45) is 0 Å². The Balaban J connectivity index is 1.36. The molecule has 2 aromatic heterocycles. The number of carbonyl (C=O) groups excluding carboxylic acids is 1. The monoisotopic (exact) mass is 541 g/mol. The van der Waals surface area contributed by atoms with Gasteiger partial charge in [-0.25, -0.2) is 4.98 Å². The molecule has 1 amide bonds. The Labute approximate surface area is 229 Å². The van der Waals surface area contributed by atoms with E-state index in [0.717, 1.165) is 51.8 Å². The van der Waals surface area contributed by atoms with Crippen molar-refractivity contribution >= 4 is 43.8 Å². The first-order valence-corrected chi connectivity index (χ1v) is 14.1. The van der Waals surface area contributed by atoms with Gasteiger partial charge < -0.3 is 14.8 Å². The molecule has 6 rings (SSSR count). The van der Waals surface area contributed by atoms with Gasteiger partial charge in [0.05, 0.1) is 24.4 Å². The van der Waals surface area contributed by atoms with Gasteiger partial charge in [-0.1, -0.05) is 42.5 Å². The molecule has 0 saturated carbocycles. The number of anilines is 1. The Hall–Kier alpha value is -3.72. The number of thiophene rings is 1. The maximum atomic E-state index is 13.4. The van der Waals surface area contributed by atoms with Crippen molar-refractivity contribution in [1.29, 1.82) is 0 Å². The smallest absolute Gasteiger partial charge is 0.256 e. The Kier molecular flexibility index (Phi) is 6.84. The highest BCUT2D eigenvalue weighted by Gasteiger charge is 2.28. The first-order valence-electron chi connectivity index (χ1n) is 12.4. The largest absolute Gasteiger partial charge is 0.493 e. The number of para-hydroxylation sites is 1. The van der Waals surface area contributed by atoms with E-state index in [2.05, 4.69) is 46.6 Å². The van der Waals surface area contributed by atoms with Gasteiger partial charge in [-0.05, 0) is 47.9 Å². The lowest BCUT2D eigenvalue weighted by Gasteiger charge is -2.27. The van der Waals surface area contributed by atoms with E-state index >= 15 is 0 Å². The molecular weight excluding hydrogens is 514 g/mol. The van der Waals surface area contributed by atoms with E-state index in [1.54, 1.807) is 55.1 Å². The van der Waals surface area contributed by atoms with Crippen molar-refractivity contribution in [1.82, 2.24) is 9.88 Å². The van der Waals surface area contributed by atoms with Gasteiger partial charge in [-0.2, -0.15) is 0 Å². The summed E-state index contributed by atoms with van der Waals surface area (Å²) in [5, 5.41) is 5.00. The number of nitrogens with zero attached hydrogens (tertiary/aromatic N) is 2. The van der Waals surface area contributed by atoms with Crippen LogP contribution in [0.15, 0.2) is 72.8 Å². The second-order valence-corrected chi connectivity index (χ2v) is 11.3. The number of thiazole rings is 1. The number of fused-ring (bicyclic) bond motifs is 2. The zero-order valence-electron chi connectivity index (χ0n) is 21.2. The van der Waals surface area contributed by atoms with Crippen LogP contribution in [0, 0.1) is 0 Å². The number of rotatable bonds is 7. The lowest BCUT2D eigenvalue weighted by molar-refractivity contribution is 0.102. The SMILES string of the molecule is COc1ccc(C(=O)Nc2sc3c(c2-c2nc4ccccc4s2)CCN(Cc2ccccc2)C3)cc1OC. The summed E-state index contributed by atoms with van der Waals surface area (Å²) in [6, 6.07) is 24.0. The van der Waals surface area contributed by atoms with Gasteiger partial charge in [0, 0.05) is 35.6 Å². The third kappa shape index (κ3) is 4.78. The fraction of sp³-hybridized carbons (Fsp3) is 0.200. The number of methoxy groups -OCH3 is 2. The van der Waals surface area contributed by atoms with E-state index in [9.17, 15) is 4.79 Å². The summed E-state index contributed by atoms with van der Waals surface area (Å²) < 4.78 is 11.9. The molecular formula is C30H27N3O3S2. The summed E-state index contributed by atoms with van der Waals surface area (Å²) in [5.41, 5.74) is 5.14. The van der Waals surface area contributed by atoms with Crippen molar-refractivity contribution < 1.29 is 14.3 Å². The number of hydrogen-bond donors (Lipinski definition) is 1. The van der Waals surface area contributed by atoms with Gasteiger partial charge in [0.2, 0.25) is 0 Å². The normalized spacial score (nSPS) is 13.3. The number of nitrogens with one attached hydrogen (secondary N) is 1. The highest BCUT2D eigenvalue weighted by atomic mass is 32.1. The first kappa shape index (κ1) is 24.6. The first-order chi connectivity index (χ1) is 18.6. The minimum Gasteiger partial charge on any atom is -0.493 e. The van der Waals surface area contributed by atoms with Crippen LogP contribution in [0.25, 0.3) is 20.8 Å². The highest BCUT2D eigenvalue weighted by molar-refractivity contribution is 7.23. The summed E-state index contributed by atoms with van der Waals surface area (Å²) >= 11 is 3.33. The van der Waals surface area contributed by atoms with Crippen molar-refractivity contribution in [3.63, 3.8) is 0 Å². The Morgan fingerprint density at radius 3 is 2.55 bits per heavy atom. The molecule has 3 aromatic carbocycles. The zero-order chi connectivity index (χ0) is 26.1. The van der Waals surface area contributed by atoms with Gasteiger partial charge in [0.1, 0.15) is 10.0 Å². The van der Waals surface area contributed by atoms with Gasteiger partial charge in [0.25, 0.3) is 5.91 Å². The topological polar surface area (TPSA) is 63.7 Å². The van der Waals surface area contributed by atoms with Crippen molar-refractivity contribution in [2.75, 3.05) is 26.1 Å². The van der Waals surface area contributed by atoms with Crippen LogP contribution in [0.1, 0.15) is 26.4 Å². The van der Waals surface area contributed by atoms with Gasteiger partial charge >= 0.3 is 0 Å². The molecule has 0 aliphatic carbocycles. The number of aromatic nitrogens is 1. The second-order valence-electron chi connectivity index (χ2n) is 9.16. The minimum absolute atomic E-state index is 0.187. The molecule has 6 nitrogen and oxygen atoms in total. The van der Waals surface area contributed by atoms with Crippen LogP contribution in [-0.4, -0.2) is 36.6 Å². The fourth-order valence-corrected chi connectivity index (χ4v) is 7.27. The molecule has 0 atom stereocenters. The maximum Gasteiger partial charge on any atom is 0.256 e. The predicted octanol–water partition coefficient (Wildman–Crippen LogP) is 6.85. The Morgan fingerprint density at radius 1 is 0.974 bits per heavy atom. The average Bonchev–Trinajstić information content (AvgIpc) is 3.53. The highest BCUT2D eigenvalue weighted by Crippen LogP contribution is 2.46. The molecule has 5 aromatic rings. The summed E-state index contributed by atoms with van der Waals surface area (Å²) in [6.45, 7) is 2.71. The second kappa shape index (κ2) is 10.6. The molecule has 0 saturated heterocycles. The molecule has 1 aliphatic heterocycles. The summed E-state index contributed by atoms with van der Waals surface area (Å²) in [5.74, 6) is 0.922. The standard InChI is InChI=1S/C30H27N3O3S2/c1-35-23-13-12-20(16-24(23)36-2)28(34)32-30-27(29-31-22-10-6-7-11-25(22)37-29)21-14-15-33(18-26(21)38-30)17-19-8-4-3-5-9-19/h3-13,16H,14-15,17-18H2,1-2H3,(H,32,34). The van der Waals surface area contributed by atoms with Gasteiger partial charge in [-0.15, -0.1) is 22.7 Å². The van der Waals surface area contributed by atoms with E-state index in [1.165, 1.54) is 16.0 Å². The van der Waals surface area contributed by atoms with Crippen LogP contribution in [0.5, 0.6) is 11.5 Å². The summed E-state index contributed by atoms with van der Waals surface area (Å²) in [4.78, 5) is 22.1. The molecule has 192 valence electrons. The quantitative estimate of drug-likeness (QED) is 0.244. The van der Waals surface area contributed by atoms with Crippen LogP contribution in [0.2, 0.25) is 0 Å². The molecule has 0 radical (unpaired) electrons. The molecule has 8 heteroatoms. The number of benzene rings is 3. The lowest BCUT2D eigenvalue weighted by Crippen LogP contribution is -2.29. The number of amides is 1. The molecule has 0 unspecified atom stereocenters. The van der Waals surface area contributed by atoms with E-state index in [0.29, 0.717) is 17.1 Å². The average molecular weight is 542 g/mol. The number of carbonyl (C=O) groups is 1. The Morgan fingerprint density at radius 2 is 1.76 bits per heavy atom. The zero-order valence-corrected chi connectivity index (χ0v) is 22.8. The summed E-state index contributed by atoms with van der Waals surface area (Å²) in [7, 11) is 3.15. The molecule has 0 fully saturated rings. The van der Waals surface area contributed by atoms with E-state index < -0.39 is 0 Å². The summed E-state index contributed by atoms with van der Waals surface area (Å²) in [6.07, 6.45) is 0.913. The van der Waals surface area contributed by atoms with E-state index in [-0.39, 0.29) is 5.91 Å². The van der Waals surface area contributed by atoms with Crippen molar-refractivity contribution in [2.45, 2.75) is 19.5 Å².